The van der Waals surface area contributed by atoms with Crippen LogP contribution in [0.5, 0.6) is 0 Å². The highest BCUT2D eigenvalue weighted by molar-refractivity contribution is 5.98. The molecule has 0 aliphatic carbocycles. The first-order valence-electron chi connectivity index (χ1n) is 7.24. The number of carbonyl (C=O) groups excluding carboxylic acids is 2. The Labute approximate surface area is 132 Å². The van der Waals surface area contributed by atoms with Gasteiger partial charge < -0.3 is 10.2 Å². The lowest BCUT2D eigenvalue weighted by atomic mass is 9.89. The molecule has 1 aliphatic rings. The molecule has 1 aromatic carbocycles. The fraction of sp³-hybridized carbons (Fsp3) is 0.500. The van der Waals surface area contributed by atoms with Crippen molar-refractivity contribution >= 4 is 24.1 Å². The number of carbonyl (C=O) groups is 2. The topological polar surface area (TPSA) is 49.4 Å². The quantitative estimate of drug-likeness (QED) is 0.848. The van der Waals surface area contributed by atoms with E-state index in [4.69, 9.17) is 0 Å². The summed E-state index contributed by atoms with van der Waals surface area (Å²) in [5.41, 5.74) is 0.785. The summed E-state index contributed by atoms with van der Waals surface area (Å²) in [6.45, 7) is 2.11. The molecule has 0 unspecified atom stereocenters. The van der Waals surface area contributed by atoms with Crippen LogP contribution in [0.15, 0.2) is 30.3 Å². The predicted molar refractivity (Wildman–Crippen MR) is 85.9 cm³/mol. The fourth-order valence-corrected chi connectivity index (χ4v) is 2.62. The van der Waals surface area contributed by atoms with E-state index >= 15 is 0 Å². The molecule has 1 amide bonds. The molecule has 5 heteroatoms. The molecule has 21 heavy (non-hydrogen) atoms. The van der Waals surface area contributed by atoms with Gasteiger partial charge in [0.1, 0.15) is 0 Å². The largest absolute Gasteiger partial charge is 0.343 e. The Morgan fingerprint density at radius 3 is 2.38 bits per heavy atom. The average Bonchev–Trinajstić information content (AvgIpc) is 2.53. The molecule has 0 bridgehead atoms. The average molecular weight is 311 g/mol. The van der Waals surface area contributed by atoms with Gasteiger partial charge in [-0.15, -0.1) is 12.4 Å². The Morgan fingerprint density at radius 1 is 1.19 bits per heavy atom. The minimum atomic E-state index is 0. The molecule has 0 radical (unpaired) electrons. The second-order valence-corrected chi connectivity index (χ2v) is 5.24. The van der Waals surface area contributed by atoms with Gasteiger partial charge in [0.15, 0.2) is 5.78 Å². The summed E-state index contributed by atoms with van der Waals surface area (Å²) < 4.78 is 0. The van der Waals surface area contributed by atoms with Crippen LogP contribution in [0.1, 0.15) is 29.6 Å². The number of nitrogens with zero attached hydrogens (tertiary/aromatic N) is 1. The Bertz CT molecular complexity index is 457. The van der Waals surface area contributed by atoms with E-state index in [9.17, 15) is 9.59 Å². The normalized spacial score (nSPS) is 15.4. The minimum Gasteiger partial charge on any atom is -0.343 e. The van der Waals surface area contributed by atoms with Gasteiger partial charge in [-0.2, -0.15) is 0 Å². The molecule has 1 aromatic rings. The molecule has 1 heterocycles. The number of hydrogen-bond donors (Lipinski definition) is 1. The van der Waals surface area contributed by atoms with Gasteiger partial charge in [0.05, 0.1) is 0 Å². The number of Topliss-reactive ketones (excluding diaryl/α,β-unsaturated/α-hetero) is 1. The zero-order valence-electron chi connectivity index (χ0n) is 12.4. The van der Waals surface area contributed by atoms with E-state index in [-0.39, 0.29) is 30.0 Å². The predicted octanol–water partition coefficient (Wildman–Crippen LogP) is 2.14. The molecular formula is C16H23ClN2O2. The van der Waals surface area contributed by atoms with Crippen LogP contribution in [-0.4, -0.2) is 43.3 Å². The number of amides is 1. The standard InChI is InChI=1S/C16H22N2O2.ClH/c1-17-10-7-15(19)18-11-8-14(9-12-18)16(20)13-5-3-2-4-6-13;/h2-6,14,17H,7-12H2,1H3;1H. The van der Waals surface area contributed by atoms with Gasteiger partial charge in [0.25, 0.3) is 0 Å². The van der Waals surface area contributed by atoms with Gasteiger partial charge in [0, 0.05) is 37.5 Å². The lowest BCUT2D eigenvalue weighted by Crippen LogP contribution is -2.41. The molecule has 1 fully saturated rings. The zero-order valence-corrected chi connectivity index (χ0v) is 13.2. The number of likely N-dealkylation sites (tertiary alicyclic amines) is 1. The molecule has 116 valence electrons. The number of rotatable bonds is 5. The summed E-state index contributed by atoms with van der Waals surface area (Å²) in [4.78, 5) is 26.1. The number of benzene rings is 1. The summed E-state index contributed by atoms with van der Waals surface area (Å²) in [6.07, 6.45) is 2.09. The van der Waals surface area contributed by atoms with Crippen LogP contribution in [0.25, 0.3) is 0 Å². The van der Waals surface area contributed by atoms with E-state index in [0.29, 0.717) is 26.1 Å². The first-order chi connectivity index (χ1) is 9.72. The maximum atomic E-state index is 12.3. The Hall–Kier alpha value is -1.39. The number of nitrogens with one attached hydrogen (secondary N) is 1. The van der Waals surface area contributed by atoms with Gasteiger partial charge in [-0.25, -0.2) is 0 Å². The van der Waals surface area contributed by atoms with Gasteiger partial charge in [-0.1, -0.05) is 30.3 Å². The molecule has 1 N–H and O–H groups in total. The molecular weight excluding hydrogens is 288 g/mol. The van der Waals surface area contributed by atoms with E-state index in [0.717, 1.165) is 18.4 Å². The lowest BCUT2D eigenvalue weighted by molar-refractivity contribution is -0.132. The second-order valence-electron chi connectivity index (χ2n) is 5.24. The molecule has 0 saturated carbocycles. The van der Waals surface area contributed by atoms with Gasteiger partial charge >= 0.3 is 0 Å². The lowest BCUT2D eigenvalue weighted by Gasteiger charge is -2.31. The van der Waals surface area contributed by atoms with E-state index in [1.165, 1.54) is 0 Å². The molecule has 1 saturated heterocycles. The highest BCUT2D eigenvalue weighted by Crippen LogP contribution is 2.22. The van der Waals surface area contributed by atoms with Crippen LogP contribution in [-0.2, 0) is 4.79 Å². The maximum Gasteiger partial charge on any atom is 0.223 e. The highest BCUT2D eigenvalue weighted by atomic mass is 35.5. The number of hydrogen-bond acceptors (Lipinski definition) is 3. The monoisotopic (exact) mass is 310 g/mol. The van der Waals surface area contributed by atoms with Crippen LogP contribution >= 0.6 is 12.4 Å². The third-order valence-electron chi connectivity index (χ3n) is 3.87. The van der Waals surface area contributed by atoms with Crippen molar-refractivity contribution in [1.29, 1.82) is 0 Å². The van der Waals surface area contributed by atoms with Crippen molar-refractivity contribution in [3.63, 3.8) is 0 Å². The van der Waals surface area contributed by atoms with E-state index in [1.807, 2.05) is 42.3 Å². The van der Waals surface area contributed by atoms with E-state index in [1.54, 1.807) is 0 Å². The van der Waals surface area contributed by atoms with Crippen molar-refractivity contribution in [3.05, 3.63) is 35.9 Å². The third kappa shape index (κ3) is 4.83. The van der Waals surface area contributed by atoms with Crippen LogP contribution in [0.3, 0.4) is 0 Å². The van der Waals surface area contributed by atoms with E-state index < -0.39 is 0 Å². The van der Waals surface area contributed by atoms with Crippen molar-refractivity contribution < 1.29 is 9.59 Å². The molecule has 0 aromatic heterocycles. The summed E-state index contributed by atoms with van der Waals surface area (Å²) in [6, 6.07) is 9.44. The number of ketones is 1. The van der Waals surface area contributed by atoms with Crippen LogP contribution in [0.4, 0.5) is 0 Å². The van der Waals surface area contributed by atoms with Crippen molar-refractivity contribution in [2.24, 2.45) is 5.92 Å². The van der Waals surface area contributed by atoms with Crippen molar-refractivity contribution in [2.45, 2.75) is 19.3 Å². The van der Waals surface area contributed by atoms with Crippen LogP contribution < -0.4 is 5.32 Å². The molecule has 0 atom stereocenters. The van der Waals surface area contributed by atoms with Crippen molar-refractivity contribution in [3.8, 4) is 0 Å². The van der Waals surface area contributed by atoms with Crippen molar-refractivity contribution in [2.75, 3.05) is 26.7 Å². The second kappa shape index (κ2) is 8.80. The summed E-state index contributed by atoms with van der Waals surface area (Å²) in [5.74, 6) is 0.462. The van der Waals surface area contributed by atoms with Gasteiger partial charge in [0.2, 0.25) is 5.91 Å². The van der Waals surface area contributed by atoms with Crippen LogP contribution in [0, 0.1) is 5.92 Å². The highest BCUT2D eigenvalue weighted by Gasteiger charge is 2.27. The Morgan fingerprint density at radius 2 is 1.81 bits per heavy atom. The number of halogens is 1. The summed E-state index contributed by atoms with van der Waals surface area (Å²) >= 11 is 0. The third-order valence-corrected chi connectivity index (χ3v) is 3.87. The molecule has 2 rings (SSSR count). The number of piperidine rings is 1. The molecule has 0 spiro atoms. The van der Waals surface area contributed by atoms with E-state index in [2.05, 4.69) is 5.32 Å². The smallest absolute Gasteiger partial charge is 0.223 e. The fourth-order valence-electron chi connectivity index (χ4n) is 2.62. The zero-order chi connectivity index (χ0) is 14.4. The SMILES string of the molecule is CNCCC(=O)N1CCC(C(=O)c2ccccc2)CC1.Cl. The first kappa shape index (κ1) is 17.7. The first-order valence-corrected chi connectivity index (χ1v) is 7.24. The Balaban J connectivity index is 0.00000220. The maximum absolute atomic E-state index is 12.3. The minimum absolute atomic E-state index is 0. The summed E-state index contributed by atoms with van der Waals surface area (Å²) in [5, 5.41) is 2.98. The van der Waals surface area contributed by atoms with Crippen molar-refractivity contribution in [1.82, 2.24) is 10.2 Å². The summed E-state index contributed by atoms with van der Waals surface area (Å²) in [7, 11) is 1.85. The molecule has 1 aliphatic heterocycles. The van der Waals surface area contributed by atoms with Gasteiger partial charge in [-0.3, -0.25) is 9.59 Å². The molecule has 4 nitrogen and oxygen atoms in total. The van der Waals surface area contributed by atoms with Gasteiger partial charge in [-0.05, 0) is 19.9 Å². The van der Waals surface area contributed by atoms with Crippen LogP contribution in [0.2, 0.25) is 0 Å². The Kier molecular flexibility index (Phi) is 7.40.